The summed E-state index contributed by atoms with van der Waals surface area (Å²) >= 11 is 0. The third-order valence-corrected chi connectivity index (χ3v) is 2.47. The van der Waals surface area contributed by atoms with Gasteiger partial charge in [-0.2, -0.15) is 0 Å². The summed E-state index contributed by atoms with van der Waals surface area (Å²) in [4.78, 5) is 11.6. The highest BCUT2D eigenvalue weighted by Crippen LogP contribution is 2.11. The first-order valence-electron chi connectivity index (χ1n) is 6.06. The Morgan fingerprint density at radius 3 is 2.41 bits per heavy atom. The van der Waals surface area contributed by atoms with Gasteiger partial charge in [0.25, 0.3) is 0 Å². The predicted molar refractivity (Wildman–Crippen MR) is 65.7 cm³/mol. The zero-order valence-corrected chi connectivity index (χ0v) is 11.1. The fourth-order valence-electron chi connectivity index (χ4n) is 1.33. The van der Waals surface area contributed by atoms with Gasteiger partial charge in [-0.1, -0.05) is 13.8 Å². The van der Waals surface area contributed by atoms with Crippen LogP contribution in [0.25, 0.3) is 0 Å². The Morgan fingerprint density at radius 2 is 1.88 bits per heavy atom. The van der Waals surface area contributed by atoms with Crippen LogP contribution in [0.5, 0.6) is 0 Å². The molecule has 0 aliphatic rings. The number of hydrogen-bond donors (Lipinski definition) is 1. The number of hydrogen-bond acceptors (Lipinski definition) is 5. The lowest BCUT2D eigenvalue weighted by Gasteiger charge is -2.17. The molecule has 0 heterocycles. The van der Waals surface area contributed by atoms with E-state index in [1.54, 1.807) is 7.11 Å². The van der Waals surface area contributed by atoms with E-state index in [9.17, 15) is 4.79 Å². The second-order valence-corrected chi connectivity index (χ2v) is 4.21. The molecule has 0 aromatic heterocycles. The average molecular weight is 247 g/mol. The fourth-order valence-corrected chi connectivity index (χ4v) is 1.33. The summed E-state index contributed by atoms with van der Waals surface area (Å²) in [5.74, 6) is -0.200. The lowest BCUT2D eigenvalue weighted by molar-refractivity contribution is -0.150. The summed E-state index contributed by atoms with van der Waals surface area (Å²) in [5, 5.41) is 0. The molecule has 0 bridgehead atoms. The molecule has 0 aromatic rings. The fraction of sp³-hybridized carbons (Fsp3) is 0.917. The quantitative estimate of drug-likeness (QED) is 0.457. The molecule has 1 atom stereocenters. The number of nitrogens with two attached hydrogens (primary N) is 1. The van der Waals surface area contributed by atoms with Crippen molar-refractivity contribution in [1.82, 2.24) is 0 Å². The predicted octanol–water partition coefficient (Wildman–Crippen LogP) is 0.814. The van der Waals surface area contributed by atoms with Crippen LogP contribution in [0.4, 0.5) is 0 Å². The first-order chi connectivity index (χ1) is 8.13. The average Bonchev–Trinajstić information content (AvgIpc) is 2.28. The van der Waals surface area contributed by atoms with Crippen LogP contribution >= 0.6 is 0 Å². The van der Waals surface area contributed by atoms with E-state index in [-0.39, 0.29) is 17.8 Å². The molecule has 5 heteroatoms. The van der Waals surface area contributed by atoms with Crippen LogP contribution in [0.15, 0.2) is 0 Å². The van der Waals surface area contributed by atoms with E-state index < -0.39 is 0 Å². The molecule has 0 radical (unpaired) electrons. The van der Waals surface area contributed by atoms with Crippen molar-refractivity contribution in [2.75, 3.05) is 40.1 Å². The molecule has 0 aliphatic carbocycles. The van der Waals surface area contributed by atoms with Crippen molar-refractivity contribution in [2.24, 2.45) is 17.6 Å². The van der Waals surface area contributed by atoms with Gasteiger partial charge in [-0.15, -0.1) is 0 Å². The van der Waals surface area contributed by atoms with Crippen LogP contribution in [0.1, 0.15) is 20.3 Å². The first kappa shape index (κ1) is 16.4. The number of ether oxygens (including phenoxy) is 3. The Bertz CT molecular complexity index is 197. The maximum atomic E-state index is 11.6. The monoisotopic (exact) mass is 247 g/mol. The van der Waals surface area contributed by atoms with Gasteiger partial charge in [-0.25, -0.2) is 0 Å². The zero-order valence-electron chi connectivity index (χ0n) is 11.1. The molecule has 2 N–H and O–H groups in total. The van der Waals surface area contributed by atoms with Gasteiger partial charge in [0.15, 0.2) is 0 Å². The summed E-state index contributed by atoms with van der Waals surface area (Å²) in [6, 6.07) is 0. The smallest absolute Gasteiger partial charge is 0.310 e. The van der Waals surface area contributed by atoms with E-state index in [2.05, 4.69) is 0 Å². The van der Waals surface area contributed by atoms with Crippen LogP contribution in [-0.4, -0.2) is 46.1 Å². The van der Waals surface area contributed by atoms with Crippen LogP contribution in [0.2, 0.25) is 0 Å². The lowest BCUT2D eigenvalue weighted by atomic mass is 9.96. The summed E-state index contributed by atoms with van der Waals surface area (Å²) < 4.78 is 15.2. The Labute approximate surface area is 104 Å². The van der Waals surface area contributed by atoms with Gasteiger partial charge in [0.05, 0.1) is 25.7 Å². The Morgan fingerprint density at radius 1 is 1.18 bits per heavy atom. The summed E-state index contributed by atoms with van der Waals surface area (Å²) in [6.45, 7) is 6.38. The largest absolute Gasteiger partial charge is 0.465 e. The van der Waals surface area contributed by atoms with E-state index in [0.717, 1.165) is 0 Å². The topological polar surface area (TPSA) is 70.8 Å². The third-order valence-electron chi connectivity index (χ3n) is 2.47. The van der Waals surface area contributed by atoms with E-state index in [0.29, 0.717) is 39.4 Å². The van der Waals surface area contributed by atoms with Crippen molar-refractivity contribution in [2.45, 2.75) is 20.3 Å². The van der Waals surface area contributed by atoms with Crippen molar-refractivity contribution in [3.8, 4) is 0 Å². The third kappa shape index (κ3) is 8.12. The number of carbonyl (C=O) groups is 1. The van der Waals surface area contributed by atoms with Crippen LogP contribution < -0.4 is 5.73 Å². The molecular weight excluding hydrogens is 222 g/mol. The summed E-state index contributed by atoms with van der Waals surface area (Å²) in [5.41, 5.74) is 5.52. The van der Waals surface area contributed by atoms with Crippen molar-refractivity contribution < 1.29 is 19.0 Å². The van der Waals surface area contributed by atoms with Gasteiger partial charge in [0.2, 0.25) is 0 Å². The number of rotatable bonds is 10. The van der Waals surface area contributed by atoms with E-state index in [1.807, 2.05) is 13.8 Å². The molecule has 0 saturated carbocycles. The number of methoxy groups -OCH3 is 1. The van der Waals surface area contributed by atoms with Gasteiger partial charge >= 0.3 is 5.97 Å². The summed E-state index contributed by atoms with van der Waals surface area (Å²) in [6.07, 6.45) is 0.699. The molecule has 0 aliphatic heterocycles. The molecular formula is C12H25NO4. The highest BCUT2D eigenvalue weighted by molar-refractivity contribution is 5.72. The van der Waals surface area contributed by atoms with Crippen LogP contribution in [0, 0.1) is 11.8 Å². The van der Waals surface area contributed by atoms with Crippen molar-refractivity contribution in [3.63, 3.8) is 0 Å². The zero-order chi connectivity index (χ0) is 13.1. The van der Waals surface area contributed by atoms with E-state index >= 15 is 0 Å². The highest BCUT2D eigenvalue weighted by atomic mass is 16.5. The number of carbonyl (C=O) groups excluding carboxylic acids is 1. The molecule has 5 nitrogen and oxygen atoms in total. The standard InChI is InChI=1S/C12H25NO4/c1-10(2)11(9-13)12(14)17-6-4-5-16-8-7-15-3/h10-11H,4-9,13H2,1-3H3. The van der Waals surface area contributed by atoms with Crippen LogP contribution in [-0.2, 0) is 19.0 Å². The molecule has 0 aromatic carbocycles. The first-order valence-corrected chi connectivity index (χ1v) is 6.06. The van der Waals surface area contributed by atoms with Gasteiger partial charge in [-0.3, -0.25) is 4.79 Å². The van der Waals surface area contributed by atoms with Crippen molar-refractivity contribution in [1.29, 1.82) is 0 Å². The maximum absolute atomic E-state index is 11.6. The molecule has 0 fully saturated rings. The second kappa shape index (κ2) is 10.5. The van der Waals surface area contributed by atoms with Gasteiger partial charge < -0.3 is 19.9 Å². The van der Waals surface area contributed by atoms with Crippen molar-refractivity contribution in [3.05, 3.63) is 0 Å². The molecule has 17 heavy (non-hydrogen) atoms. The van der Waals surface area contributed by atoms with Crippen LogP contribution in [0.3, 0.4) is 0 Å². The molecule has 1 unspecified atom stereocenters. The van der Waals surface area contributed by atoms with Gasteiger partial charge in [-0.05, 0) is 5.92 Å². The molecule has 102 valence electrons. The molecule has 0 spiro atoms. The normalized spacial score (nSPS) is 12.8. The Hall–Kier alpha value is -0.650. The van der Waals surface area contributed by atoms with Gasteiger partial charge in [0, 0.05) is 26.7 Å². The maximum Gasteiger partial charge on any atom is 0.310 e. The molecule has 0 rings (SSSR count). The second-order valence-electron chi connectivity index (χ2n) is 4.21. The van der Waals surface area contributed by atoms with E-state index in [4.69, 9.17) is 19.9 Å². The SMILES string of the molecule is COCCOCCCOC(=O)C(CN)C(C)C. The minimum atomic E-state index is -0.209. The Kier molecular flexibility index (Phi) is 10.1. The Balaban J connectivity index is 3.50. The van der Waals surface area contributed by atoms with Crippen molar-refractivity contribution >= 4 is 5.97 Å². The molecule has 0 saturated heterocycles. The van der Waals surface area contributed by atoms with E-state index in [1.165, 1.54) is 0 Å². The number of esters is 1. The minimum Gasteiger partial charge on any atom is -0.465 e. The highest BCUT2D eigenvalue weighted by Gasteiger charge is 2.21. The van der Waals surface area contributed by atoms with Gasteiger partial charge in [0.1, 0.15) is 0 Å². The summed E-state index contributed by atoms with van der Waals surface area (Å²) in [7, 11) is 1.63. The lowest BCUT2D eigenvalue weighted by Crippen LogP contribution is -2.30. The molecule has 0 amide bonds. The minimum absolute atomic E-state index is 0.204.